The lowest BCUT2D eigenvalue weighted by molar-refractivity contribution is -0.154. The molecule has 0 rings (SSSR count). The molecular weight excluding hydrogens is 280 g/mol. The highest BCUT2D eigenvalue weighted by atomic mass is 16.6. The van der Waals surface area contributed by atoms with Gasteiger partial charge in [0, 0.05) is 0 Å². The van der Waals surface area contributed by atoms with E-state index < -0.39 is 29.3 Å². The van der Waals surface area contributed by atoms with E-state index in [4.69, 9.17) is 10.5 Å². The summed E-state index contributed by atoms with van der Waals surface area (Å²) in [4.78, 5) is 44.8. The van der Waals surface area contributed by atoms with Crippen molar-refractivity contribution in [3.05, 3.63) is 0 Å². The Kier molecular flexibility index (Phi) is 7.99. The molecule has 0 spiro atoms. The average molecular weight is 302 g/mol. The quantitative estimate of drug-likeness (QED) is 0.388. The zero-order valence-corrected chi connectivity index (χ0v) is 12.4. The first-order valence-corrected chi connectivity index (χ1v) is 6.36. The summed E-state index contributed by atoms with van der Waals surface area (Å²) in [6.45, 7) is 4.06. The largest absolute Gasteiger partial charge is 0.459 e. The van der Waals surface area contributed by atoms with E-state index >= 15 is 0 Å². The van der Waals surface area contributed by atoms with Crippen molar-refractivity contribution in [1.82, 2.24) is 16.0 Å². The third-order valence-corrected chi connectivity index (χ3v) is 1.93. The van der Waals surface area contributed by atoms with Crippen molar-refractivity contribution < 1.29 is 23.9 Å². The molecule has 0 radical (unpaired) electrons. The van der Waals surface area contributed by atoms with Crippen molar-refractivity contribution >= 4 is 23.7 Å². The van der Waals surface area contributed by atoms with Gasteiger partial charge in [0.15, 0.2) is 0 Å². The van der Waals surface area contributed by atoms with E-state index in [1.54, 1.807) is 20.8 Å². The van der Waals surface area contributed by atoms with Crippen molar-refractivity contribution in [2.24, 2.45) is 5.73 Å². The van der Waals surface area contributed by atoms with Gasteiger partial charge in [0.05, 0.1) is 19.6 Å². The maximum absolute atomic E-state index is 11.4. The normalized spacial score (nSPS) is 10.5. The van der Waals surface area contributed by atoms with E-state index in [9.17, 15) is 19.2 Å². The number of carbonyl (C=O) groups is 4. The van der Waals surface area contributed by atoms with E-state index in [-0.39, 0.29) is 26.2 Å². The molecule has 3 amide bonds. The smallest absolute Gasteiger partial charge is 0.325 e. The number of rotatable bonds is 7. The van der Waals surface area contributed by atoms with Gasteiger partial charge in [-0.25, -0.2) is 0 Å². The van der Waals surface area contributed by atoms with Crippen LogP contribution in [-0.2, 0) is 23.9 Å². The predicted octanol–water partition coefficient (Wildman–Crippen LogP) is -2.36. The van der Waals surface area contributed by atoms with Crippen molar-refractivity contribution in [2.45, 2.75) is 26.4 Å². The number of hydrogen-bond acceptors (Lipinski definition) is 6. The summed E-state index contributed by atoms with van der Waals surface area (Å²) >= 11 is 0. The minimum atomic E-state index is -0.628. The Bertz CT molecular complexity index is 403. The van der Waals surface area contributed by atoms with Gasteiger partial charge >= 0.3 is 5.97 Å². The summed E-state index contributed by atoms with van der Waals surface area (Å²) < 4.78 is 4.99. The molecule has 0 aliphatic carbocycles. The van der Waals surface area contributed by atoms with Crippen molar-refractivity contribution in [3.8, 4) is 0 Å². The van der Waals surface area contributed by atoms with Gasteiger partial charge < -0.3 is 26.4 Å². The SMILES string of the molecule is CC(C)(C)OC(=O)CNC(=O)CNC(=O)CNC(=O)CN. The lowest BCUT2D eigenvalue weighted by Crippen LogP contribution is -2.44. The highest BCUT2D eigenvalue weighted by Gasteiger charge is 2.16. The first-order chi connectivity index (χ1) is 9.64. The average Bonchev–Trinajstić information content (AvgIpc) is 2.38. The van der Waals surface area contributed by atoms with E-state index in [0.29, 0.717) is 0 Å². The highest BCUT2D eigenvalue weighted by molar-refractivity contribution is 5.89. The number of ether oxygens (including phenoxy) is 1. The number of amides is 3. The standard InChI is InChI=1S/C12H22N4O5/c1-12(2,3)21-11(20)7-16-10(19)6-15-9(18)5-14-8(17)4-13/h4-7,13H2,1-3H3,(H,14,17)(H,15,18)(H,16,19). The van der Waals surface area contributed by atoms with Crippen LogP contribution in [0.4, 0.5) is 0 Å². The van der Waals surface area contributed by atoms with Crippen LogP contribution in [0.15, 0.2) is 0 Å². The number of carbonyl (C=O) groups excluding carboxylic acids is 4. The van der Waals surface area contributed by atoms with Crippen LogP contribution in [0.5, 0.6) is 0 Å². The molecule has 0 aromatic heterocycles. The van der Waals surface area contributed by atoms with Crippen molar-refractivity contribution in [1.29, 1.82) is 0 Å². The monoisotopic (exact) mass is 302 g/mol. The lowest BCUT2D eigenvalue weighted by Gasteiger charge is -2.19. The van der Waals surface area contributed by atoms with Gasteiger partial charge in [0.2, 0.25) is 17.7 Å². The van der Waals surface area contributed by atoms with Gasteiger partial charge in [0.1, 0.15) is 12.1 Å². The topological polar surface area (TPSA) is 140 Å². The number of nitrogens with one attached hydrogen (secondary N) is 3. The third-order valence-electron chi connectivity index (χ3n) is 1.93. The molecule has 0 saturated carbocycles. The molecule has 0 bridgehead atoms. The lowest BCUT2D eigenvalue weighted by atomic mass is 10.2. The molecule has 0 unspecified atom stereocenters. The molecule has 0 aromatic rings. The van der Waals surface area contributed by atoms with Gasteiger partial charge in [-0.3, -0.25) is 19.2 Å². The first kappa shape index (κ1) is 18.8. The highest BCUT2D eigenvalue weighted by Crippen LogP contribution is 2.05. The van der Waals surface area contributed by atoms with Crippen LogP contribution < -0.4 is 21.7 Å². The summed E-state index contributed by atoms with van der Waals surface area (Å²) in [5, 5.41) is 6.83. The Labute approximate surface area is 123 Å². The third kappa shape index (κ3) is 11.4. The maximum Gasteiger partial charge on any atom is 0.325 e. The van der Waals surface area contributed by atoms with Gasteiger partial charge in [-0.15, -0.1) is 0 Å². The van der Waals surface area contributed by atoms with Crippen LogP contribution >= 0.6 is 0 Å². The zero-order chi connectivity index (χ0) is 16.5. The number of esters is 1. The molecule has 0 aromatic carbocycles. The fraction of sp³-hybridized carbons (Fsp3) is 0.667. The van der Waals surface area contributed by atoms with Gasteiger partial charge in [-0.1, -0.05) is 0 Å². The number of nitrogens with two attached hydrogens (primary N) is 1. The Hall–Kier alpha value is -2.16. The Morgan fingerprint density at radius 3 is 1.71 bits per heavy atom. The summed E-state index contributed by atoms with van der Waals surface area (Å²) in [6.07, 6.45) is 0. The Morgan fingerprint density at radius 2 is 1.29 bits per heavy atom. The number of hydrogen-bond donors (Lipinski definition) is 4. The molecule has 0 saturated heterocycles. The van der Waals surface area contributed by atoms with E-state index in [0.717, 1.165) is 0 Å². The van der Waals surface area contributed by atoms with Crippen molar-refractivity contribution in [2.75, 3.05) is 26.2 Å². The minimum absolute atomic E-state index is 0.219. The second kappa shape index (κ2) is 8.90. The molecule has 0 fully saturated rings. The fourth-order valence-electron chi connectivity index (χ4n) is 1.10. The van der Waals surface area contributed by atoms with Crippen LogP contribution in [-0.4, -0.2) is 55.5 Å². The minimum Gasteiger partial charge on any atom is -0.459 e. The Balaban J connectivity index is 3.83. The molecule has 0 atom stereocenters. The second-order valence-electron chi connectivity index (χ2n) is 5.12. The summed E-state index contributed by atoms with van der Waals surface area (Å²) in [7, 11) is 0. The fourth-order valence-corrected chi connectivity index (χ4v) is 1.10. The van der Waals surface area contributed by atoms with Crippen LogP contribution in [0.1, 0.15) is 20.8 Å². The Morgan fingerprint density at radius 1 is 0.857 bits per heavy atom. The van der Waals surface area contributed by atoms with Crippen LogP contribution in [0.25, 0.3) is 0 Å². The van der Waals surface area contributed by atoms with Crippen LogP contribution in [0, 0.1) is 0 Å². The van der Waals surface area contributed by atoms with Gasteiger partial charge in [-0.2, -0.15) is 0 Å². The predicted molar refractivity (Wildman–Crippen MR) is 73.9 cm³/mol. The molecule has 9 nitrogen and oxygen atoms in total. The summed E-state index contributed by atoms with van der Waals surface area (Å²) in [6, 6.07) is 0. The summed E-state index contributed by atoms with van der Waals surface area (Å²) in [5.74, 6) is -2.12. The molecule has 5 N–H and O–H groups in total. The second-order valence-corrected chi connectivity index (χ2v) is 5.12. The molecule has 120 valence electrons. The van der Waals surface area contributed by atoms with E-state index in [1.807, 2.05) is 0 Å². The van der Waals surface area contributed by atoms with Crippen LogP contribution in [0.2, 0.25) is 0 Å². The summed E-state index contributed by atoms with van der Waals surface area (Å²) in [5.41, 5.74) is 4.41. The molecular formula is C12H22N4O5. The maximum atomic E-state index is 11.4. The van der Waals surface area contributed by atoms with Crippen molar-refractivity contribution in [3.63, 3.8) is 0 Å². The van der Waals surface area contributed by atoms with E-state index in [2.05, 4.69) is 16.0 Å². The van der Waals surface area contributed by atoms with E-state index in [1.165, 1.54) is 0 Å². The molecule has 0 aliphatic rings. The zero-order valence-electron chi connectivity index (χ0n) is 12.4. The molecule has 9 heteroatoms. The molecule has 21 heavy (non-hydrogen) atoms. The van der Waals surface area contributed by atoms with Gasteiger partial charge in [0.25, 0.3) is 0 Å². The van der Waals surface area contributed by atoms with Gasteiger partial charge in [-0.05, 0) is 20.8 Å². The molecule has 0 heterocycles. The van der Waals surface area contributed by atoms with Crippen LogP contribution in [0.3, 0.4) is 0 Å². The molecule has 0 aliphatic heterocycles. The first-order valence-electron chi connectivity index (χ1n) is 6.36.